The number of hydrogen-bond donors (Lipinski definition) is 5. The summed E-state index contributed by atoms with van der Waals surface area (Å²) in [4.78, 5) is 70.9. The van der Waals surface area contributed by atoms with Crippen molar-refractivity contribution in [2.24, 2.45) is 5.92 Å². The van der Waals surface area contributed by atoms with Gasteiger partial charge in [-0.25, -0.2) is 0 Å². The van der Waals surface area contributed by atoms with E-state index in [4.69, 9.17) is 4.74 Å². The summed E-state index contributed by atoms with van der Waals surface area (Å²) in [7, 11) is 0. The summed E-state index contributed by atoms with van der Waals surface area (Å²) in [5.74, 6) is -3.28. The Morgan fingerprint density at radius 2 is 1.60 bits per heavy atom. The van der Waals surface area contributed by atoms with Crippen molar-refractivity contribution in [2.45, 2.75) is 58.3 Å². The molecule has 13 nitrogen and oxygen atoms in total. The minimum absolute atomic E-state index is 0.0437. The lowest BCUT2D eigenvalue weighted by atomic mass is 10.0. The number of carbonyl (C=O) groups is 5. The minimum Gasteiger partial charge on any atom is -0.391 e. The zero-order valence-electron chi connectivity index (χ0n) is 27.5. The molecule has 2 saturated heterocycles. The lowest BCUT2D eigenvalue weighted by molar-refractivity contribution is -0.135. The molecule has 5 amide bonds. The molecule has 2 aromatic rings. The van der Waals surface area contributed by atoms with Gasteiger partial charge in [-0.1, -0.05) is 44.2 Å². The number of aliphatic hydroxyl groups is 1. The Kier molecular flexibility index (Phi) is 12.3. The molecule has 2 fully saturated rings. The predicted molar refractivity (Wildman–Crippen MR) is 176 cm³/mol. The van der Waals surface area contributed by atoms with Crippen LogP contribution in [-0.2, 0) is 30.3 Å². The predicted octanol–water partition coefficient (Wildman–Crippen LogP) is 0.138. The third-order valence-electron chi connectivity index (χ3n) is 8.34. The number of aryl methyl sites for hydroxylation is 1. The van der Waals surface area contributed by atoms with E-state index in [-0.39, 0.29) is 32.0 Å². The quantitative estimate of drug-likeness (QED) is 0.294. The largest absolute Gasteiger partial charge is 0.391 e. The molecule has 0 spiro atoms. The van der Waals surface area contributed by atoms with E-state index in [1.807, 2.05) is 19.1 Å². The number of hydrogen-bond acceptors (Lipinski definition) is 8. The van der Waals surface area contributed by atoms with Gasteiger partial charge in [0.1, 0.15) is 18.1 Å². The maximum atomic E-state index is 13.8. The second-order valence-corrected chi connectivity index (χ2v) is 12.4. The molecular formula is C34H46N6O7. The van der Waals surface area contributed by atoms with Gasteiger partial charge in [-0.2, -0.15) is 0 Å². The molecule has 0 saturated carbocycles. The monoisotopic (exact) mass is 650 g/mol. The van der Waals surface area contributed by atoms with E-state index in [0.29, 0.717) is 18.8 Å². The molecule has 0 radical (unpaired) electrons. The summed E-state index contributed by atoms with van der Waals surface area (Å²) in [6.07, 6.45) is -1.16. The van der Waals surface area contributed by atoms with Gasteiger partial charge in [0.2, 0.25) is 23.6 Å². The number of ether oxygens (including phenoxy) is 1. The molecule has 2 heterocycles. The van der Waals surface area contributed by atoms with Crippen LogP contribution in [0, 0.1) is 12.8 Å². The van der Waals surface area contributed by atoms with Gasteiger partial charge in [0.05, 0.1) is 25.9 Å². The average Bonchev–Trinajstić information content (AvgIpc) is 3.05. The van der Waals surface area contributed by atoms with Gasteiger partial charge in [0.25, 0.3) is 5.91 Å². The van der Waals surface area contributed by atoms with Gasteiger partial charge in [0.15, 0.2) is 0 Å². The van der Waals surface area contributed by atoms with E-state index in [0.717, 1.165) is 29.9 Å². The fraction of sp³-hybridized carbons (Fsp3) is 0.500. The van der Waals surface area contributed by atoms with Crippen molar-refractivity contribution < 1.29 is 33.8 Å². The summed E-state index contributed by atoms with van der Waals surface area (Å²) < 4.78 is 5.45. The molecule has 4 rings (SSSR count). The highest BCUT2D eigenvalue weighted by Gasteiger charge is 2.33. The van der Waals surface area contributed by atoms with Crippen molar-refractivity contribution in [3.63, 3.8) is 0 Å². The molecule has 0 unspecified atom stereocenters. The van der Waals surface area contributed by atoms with Gasteiger partial charge >= 0.3 is 0 Å². The maximum Gasteiger partial charge on any atom is 0.254 e. The first-order valence-corrected chi connectivity index (χ1v) is 16.1. The Hall–Kier alpha value is -4.49. The van der Waals surface area contributed by atoms with Crippen LogP contribution < -0.4 is 26.2 Å². The number of anilines is 1. The molecule has 254 valence electrons. The molecule has 2 aliphatic heterocycles. The first-order valence-electron chi connectivity index (χ1n) is 16.1. The Morgan fingerprint density at radius 1 is 0.894 bits per heavy atom. The summed E-state index contributed by atoms with van der Waals surface area (Å²) in [5.41, 5.74) is 3.02. The Morgan fingerprint density at radius 3 is 2.23 bits per heavy atom. The summed E-state index contributed by atoms with van der Waals surface area (Å²) in [5, 5.41) is 21.2. The van der Waals surface area contributed by atoms with Crippen LogP contribution in [0.5, 0.6) is 0 Å². The zero-order chi connectivity index (χ0) is 34.1. The van der Waals surface area contributed by atoms with Crippen molar-refractivity contribution in [3.05, 3.63) is 65.2 Å². The molecule has 2 aliphatic rings. The standard InChI is InChI=1S/C34H46N6O7/c1-21(2)29-33(45)36-26(19-24-8-6-5-7-9-24)31(43)38-30(23(4)41)32(44)35-12-13-40(20-28(42)37-29)34(46)25-10-11-27(22(3)18-25)39-14-16-47-17-15-39/h5-11,18,21,23,26,29-30,41H,12-17,19-20H2,1-4H3,(H,35,44)(H,36,45)(H,37,42)(H,38,43)/t23-,26+,29-,30+/m1/s1. The minimum atomic E-state index is -1.33. The van der Waals surface area contributed by atoms with Gasteiger partial charge in [-0.3, -0.25) is 24.0 Å². The van der Waals surface area contributed by atoms with Crippen molar-refractivity contribution in [3.8, 4) is 0 Å². The molecule has 13 heteroatoms. The van der Waals surface area contributed by atoms with Crippen LogP contribution in [0.3, 0.4) is 0 Å². The van der Waals surface area contributed by atoms with Crippen molar-refractivity contribution in [1.82, 2.24) is 26.2 Å². The number of benzene rings is 2. The lowest BCUT2D eigenvalue weighted by Crippen LogP contribution is -2.60. The number of nitrogens with zero attached hydrogens (tertiary/aromatic N) is 2. The van der Waals surface area contributed by atoms with Crippen LogP contribution in [0.1, 0.15) is 42.3 Å². The Bertz CT molecular complexity index is 1430. The number of nitrogens with one attached hydrogen (secondary N) is 4. The first-order chi connectivity index (χ1) is 22.4. The van der Waals surface area contributed by atoms with Gasteiger partial charge in [-0.05, 0) is 49.1 Å². The molecular weight excluding hydrogens is 604 g/mol. The number of amides is 5. The van der Waals surface area contributed by atoms with E-state index in [2.05, 4.69) is 26.2 Å². The molecule has 4 atom stereocenters. The third-order valence-corrected chi connectivity index (χ3v) is 8.34. The lowest BCUT2D eigenvalue weighted by Gasteiger charge is -2.30. The van der Waals surface area contributed by atoms with Gasteiger partial charge < -0.3 is 40.9 Å². The highest BCUT2D eigenvalue weighted by Crippen LogP contribution is 2.23. The normalized spacial score (nSPS) is 22.7. The van der Waals surface area contributed by atoms with Gasteiger partial charge in [-0.15, -0.1) is 0 Å². The highest BCUT2D eigenvalue weighted by atomic mass is 16.5. The Balaban J connectivity index is 1.60. The van der Waals surface area contributed by atoms with Crippen LogP contribution >= 0.6 is 0 Å². The number of aliphatic hydroxyl groups excluding tert-OH is 1. The maximum absolute atomic E-state index is 13.8. The smallest absolute Gasteiger partial charge is 0.254 e. The van der Waals surface area contributed by atoms with Crippen molar-refractivity contribution >= 4 is 35.2 Å². The zero-order valence-corrected chi connectivity index (χ0v) is 27.5. The van der Waals surface area contributed by atoms with E-state index in [9.17, 15) is 29.1 Å². The summed E-state index contributed by atoms with van der Waals surface area (Å²) in [6.45, 7) is 9.07. The Labute approximate surface area is 275 Å². The van der Waals surface area contributed by atoms with Crippen LogP contribution in [0.25, 0.3) is 0 Å². The topological polar surface area (TPSA) is 169 Å². The fourth-order valence-electron chi connectivity index (χ4n) is 5.71. The highest BCUT2D eigenvalue weighted by molar-refractivity contribution is 5.98. The number of rotatable bonds is 6. The molecule has 0 aromatic heterocycles. The molecule has 47 heavy (non-hydrogen) atoms. The second kappa shape index (κ2) is 16.4. The SMILES string of the molecule is Cc1cc(C(=O)N2CCNC(=O)[C@H]([C@@H](C)O)NC(=O)[C@H](Cc3ccccc3)NC(=O)[C@@H](C(C)C)NC(=O)C2)ccc1N1CCOCC1. The third kappa shape index (κ3) is 9.52. The number of morpholine rings is 1. The van der Waals surface area contributed by atoms with Gasteiger partial charge in [0, 0.05) is 43.9 Å². The van der Waals surface area contributed by atoms with Crippen LogP contribution in [0.2, 0.25) is 0 Å². The van der Waals surface area contributed by atoms with Crippen LogP contribution in [-0.4, -0.2) is 110 Å². The fourth-order valence-corrected chi connectivity index (χ4v) is 5.71. The van der Waals surface area contributed by atoms with E-state index >= 15 is 0 Å². The van der Waals surface area contributed by atoms with Crippen molar-refractivity contribution in [1.29, 1.82) is 0 Å². The molecule has 0 bridgehead atoms. The van der Waals surface area contributed by atoms with Crippen LogP contribution in [0.15, 0.2) is 48.5 Å². The number of carbonyl (C=O) groups excluding carboxylic acids is 5. The summed E-state index contributed by atoms with van der Waals surface area (Å²) in [6, 6.07) is 11.0. The summed E-state index contributed by atoms with van der Waals surface area (Å²) >= 11 is 0. The first kappa shape index (κ1) is 35.4. The average molecular weight is 651 g/mol. The molecule has 2 aromatic carbocycles. The molecule has 5 N–H and O–H groups in total. The van der Waals surface area contributed by atoms with E-state index in [1.54, 1.807) is 50.2 Å². The van der Waals surface area contributed by atoms with E-state index in [1.165, 1.54) is 11.8 Å². The van der Waals surface area contributed by atoms with Crippen LogP contribution in [0.4, 0.5) is 5.69 Å². The second-order valence-electron chi connectivity index (χ2n) is 12.4. The van der Waals surface area contributed by atoms with E-state index < -0.39 is 53.8 Å². The van der Waals surface area contributed by atoms with Crippen molar-refractivity contribution in [2.75, 3.05) is 50.8 Å². The molecule has 0 aliphatic carbocycles.